The van der Waals surface area contributed by atoms with Gasteiger partial charge in [0.05, 0.1) is 17.2 Å². The minimum atomic E-state index is -4.76. The standard InChI is InChI=1S/C25H22Cl2F3NO6/c1-34-18-6-16(13-36-23-20(26)8-15(9-21(23)27)10-22(31)24(32)33)7-19(11-18)35-12-14-2-4-17(5-3-14)37-25(28,29)30/h2-9,11,22H,10,12-13,31H2,1H3,(H,32,33)/t22-/m0/s1. The minimum Gasteiger partial charge on any atom is -0.497 e. The molecule has 3 aromatic carbocycles. The average molecular weight is 560 g/mol. The molecule has 0 saturated carbocycles. The number of methoxy groups -OCH3 is 1. The third-order valence-electron chi connectivity index (χ3n) is 4.95. The lowest BCUT2D eigenvalue weighted by Gasteiger charge is -2.15. The zero-order valence-corrected chi connectivity index (χ0v) is 20.9. The molecule has 3 N–H and O–H groups in total. The Hall–Kier alpha value is -3.34. The van der Waals surface area contributed by atoms with Gasteiger partial charge in [0.1, 0.15) is 36.5 Å². The van der Waals surface area contributed by atoms with Crippen LogP contribution in [0.2, 0.25) is 10.0 Å². The van der Waals surface area contributed by atoms with Crippen LogP contribution in [0.25, 0.3) is 0 Å². The van der Waals surface area contributed by atoms with E-state index in [9.17, 15) is 18.0 Å². The second-order valence-electron chi connectivity index (χ2n) is 7.82. The minimum absolute atomic E-state index is 0.0454. The van der Waals surface area contributed by atoms with Gasteiger partial charge in [-0.3, -0.25) is 4.79 Å². The lowest BCUT2D eigenvalue weighted by Crippen LogP contribution is -2.32. The number of carboxylic acid groups (broad SMARTS) is 1. The van der Waals surface area contributed by atoms with Gasteiger partial charge in [0.2, 0.25) is 0 Å². The molecule has 7 nitrogen and oxygen atoms in total. The summed E-state index contributed by atoms with van der Waals surface area (Å²) >= 11 is 12.6. The van der Waals surface area contributed by atoms with Crippen LogP contribution in [-0.2, 0) is 24.4 Å². The van der Waals surface area contributed by atoms with Gasteiger partial charge in [0, 0.05) is 6.07 Å². The number of benzene rings is 3. The van der Waals surface area contributed by atoms with Crippen LogP contribution in [0.1, 0.15) is 16.7 Å². The van der Waals surface area contributed by atoms with Crippen LogP contribution in [0, 0.1) is 0 Å². The van der Waals surface area contributed by atoms with E-state index in [1.165, 1.54) is 43.5 Å². The number of rotatable bonds is 11. The van der Waals surface area contributed by atoms with E-state index in [-0.39, 0.29) is 41.2 Å². The van der Waals surface area contributed by atoms with Crippen molar-refractivity contribution >= 4 is 29.2 Å². The third kappa shape index (κ3) is 8.63. The summed E-state index contributed by atoms with van der Waals surface area (Å²) < 4.78 is 57.7. The van der Waals surface area contributed by atoms with Crippen molar-refractivity contribution in [3.63, 3.8) is 0 Å². The Morgan fingerprint density at radius 3 is 2.05 bits per heavy atom. The van der Waals surface area contributed by atoms with Crippen molar-refractivity contribution in [3.05, 3.63) is 81.3 Å². The van der Waals surface area contributed by atoms with Gasteiger partial charge in [-0.15, -0.1) is 13.2 Å². The number of carboxylic acids is 1. The second-order valence-corrected chi connectivity index (χ2v) is 8.64. The Morgan fingerprint density at radius 1 is 0.892 bits per heavy atom. The molecular formula is C25H22Cl2F3NO6. The molecule has 0 amide bonds. The predicted octanol–water partition coefficient (Wildman–Crippen LogP) is 6.01. The highest BCUT2D eigenvalue weighted by Gasteiger charge is 2.31. The Labute approximate surface area is 220 Å². The van der Waals surface area contributed by atoms with Gasteiger partial charge in [-0.2, -0.15) is 0 Å². The molecule has 1 atom stereocenters. The summed E-state index contributed by atoms with van der Waals surface area (Å²) in [6.07, 6.45) is -4.72. The van der Waals surface area contributed by atoms with Gasteiger partial charge in [0.15, 0.2) is 5.75 Å². The highest BCUT2D eigenvalue weighted by molar-refractivity contribution is 6.37. The van der Waals surface area contributed by atoms with E-state index in [1.54, 1.807) is 18.2 Å². The molecule has 0 aromatic heterocycles. The summed E-state index contributed by atoms with van der Waals surface area (Å²) in [7, 11) is 1.48. The maximum atomic E-state index is 12.3. The number of nitrogens with two attached hydrogens (primary N) is 1. The first-order valence-electron chi connectivity index (χ1n) is 10.7. The summed E-state index contributed by atoms with van der Waals surface area (Å²) in [5.74, 6) is -0.338. The molecule has 0 bridgehead atoms. The number of hydrogen-bond acceptors (Lipinski definition) is 6. The van der Waals surface area contributed by atoms with Crippen molar-refractivity contribution in [2.45, 2.75) is 32.0 Å². The topological polar surface area (TPSA) is 100 Å². The fourth-order valence-electron chi connectivity index (χ4n) is 3.23. The summed E-state index contributed by atoms with van der Waals surface area (Å²) in [4.78, 5) is 11.0. The largest absolute Gasteiger partial charge is 0.573 e. The van der Waals surface area contributed by atoms with Crippen molar-refractivity contribution in [1.29, 1.82) is 0 Å². The van der Waals surface area contributed by atoms with Gasteiger partial charge in [-0.25, -0.2) is 0 Å². The van der Waals surface area contributed by atoms with Crippen LogP contribution in [0.3, 0.4) is 0 Å². The van der Waals surface area contributed by atoms with Crippen LogP contribution >= 0.6 is 23.2 Å². The molecule has 0 spiro atoms. The summed E-state index contributed by atoms with van der Waals surface area (Å²) in [5, 5.41) is 9.37. The molecule has 0 unspecified atom stereocenters. The van der Waals surface area contributed by atoms with Crippen LogP contribution in [-0.4, -0.2) is 30.6 Å². The molecule has 198 valence electrons. The fraction of sp³-hybridized carbons (Fsp3) is 0.240. The summed E-state index contributed by atoms with van der Waals surface area (Å²) in [6, 6.07) is 12.4. The molecule has 37 heavy (non-hydrogen) atoms. The Kier molecular flexibility index (Phi) is 9.36. The molecule has 0 saturated heterocycles. The second kappa shape index (κ2) is 12.3. The number of ether oxygens (including phenoxy) is 4. The van der Waals surface area contributed by atoms with Gasteiger partial charge < -0.3 is 29.8 Å². The first-order valence-corrected chi connectivity index (χ1v) is 11.4. The quantitative estimate of drug-likeness (QED) is 0.296. The van der Waals surface area contributed by atoms with E-state index in [0.29, 0.717) is 28.2 Å². The number of halogens is 5. The zero-order chi connectivity index (χ0) is 27.2. The number of hydrogen-bond donors (Lipinski definition) is 2. The third-order valence-corrected chi connectivity index (χ3v) is 5.51. The highest BCUT2D eigenvalue weighted by Crippen LogP contribution is 2.36. The molecule has 0 fully saturated rings. The molecule has 12 heteroatoms. The predicted molar refractivity (Wildman–Crippen MR) is 131 cm³/mol. The molecule has 0 aliphatic carbocycles. The number of carbonyl (C=O) groups is 1. The van der Waals surface area contributed by atoms with Gasteiger partial charge in [0.25, 0.3) is 0 Å². The van der Waals surface area contributed by atoms with E-state index in [4.69, 9.17) is 48.3 Å². The first kappa shape index (κ1) is 28.2. The van der Waals surface area contributed by atoms with Gasteiger partial charge in [-0.1, -0.05) is 35.3 Å². The maximum absolute atomic E-state index is 12.3. The molecular weight excluding hydrogens is 538 g/mol. The smallest absolute Gasteiger partial charge is 0.497 e. The molecule has 0 radical (unpaired) electrons. The Bertz CT molecular complexity index is 1220. The van der Waals surface area contributed by atoms with E-state index in [0.717, 1.165) is 0 Å². The molecule has 0 aliphatic heterocycles. The van der Waals surface area contributed by atoms with Crippen molar-refractivity contribution in [2.24, 2.45) is 5.73 Å². The Balaban J connectivity index is 1.67. The van der Waals surface area contributed by atoms with E-state index < -0.39 is 18.4 Å². The van der Waals surface area contributed by atoms with Crippen LogP contribution in [0.15, 0.2) is 54.6 Å². The molecule has 0 aliphatic rings. The lowest BCUT2D eigenvalue weighted by atomic mass is 10.1. The van der Waals surface area contributed by atoms with E-state index >= 15 is 0 Å². The van der Waals surface area contributed by atoms with E-state index in [2.05, 4.69) is 4.74 Å². The summed E-state index contributed by atoms with van der Waals surface area (Å²) in [6.45, 7) is 0.127. The molecule has 3 rings (SSSR count). The Morgan fingerprint density at radius 2 is 1.49 bits per heavy atom. The molecule has 0 heterocycles. The van der Waals surface area contributed by atoms with Gasteiger partial charge >= 0.3 is 12.3 Å². The zero-order valence-electron chi connectivity index (χ0n) is 19.4. The first-order chi connectivity index (χ1) is 17.4. The summed E-state index contributed by atoms with van der Waals surface area (Å²) in [5.41, 5.74) is 7.40. The van der Waals surface area contributed by atoms with Crippen molar-refractivity contribution in [2.75, 3.05) is 7.11 Å². The van der Waals surface area contributed by atoms with Gasteiger partial charge in [-0.05, 0) is 59.5 Å². The number of aliphatic carboxylic acids is 1. The van der Waals surface area contributed by atoms with Crippen LogP contribution in [0.5, 0.6) is 23.0 Å². The number of alkyl halides is 3. The fourth-order valence-corrected chi connectivity index (χ4v) is 3.88. The van der Waals surface area contributed by atoms with Crippen molar-refractivity contribution in [3.8, 4) is 23.0 Å². The SMILES string of the molecule is COc1cc(COc2c(Cl)cc(C[C@H](N)C(=O)O)cc2Cl)cc(OCc2ccc(OC(F)(F)F)cc2)c1. The highest BCUT2D eigenvalue weighted by atomic mass is 35.5. The monoisotopic (exact) mass is 559 g/mol. The molecule has 3 aromatic rings. The lowest BCUT2D eigenvalue weighted by molar-refractivity contribution is -0.274. The van der Waals surface area contributed by atoms with Crippen LogP contribution in [0.4, 0.5) is 13.2 Å². The normalized spacial score (nSPS) is 12.1. The van der Waals surface area contributed by atoms with Crippen LogP contribution < -0.4 is 24.7 Å². The van der Waals surface area contributed by atoms with E-state index in [1.807, 2.05) is 0 Å². The van der Waals surface area contributed by atoms with Crippen molar-refractivity contribution < 1.29 is 42.0 Å². The maximum Gasteiger partial charge on any atom is 0.573 e. The average Bonchev–Trinajstić information content (AvgIpc) is 2.82. The van der Waals surface area contributed by atoms with Crippen molar-refractivity contribution in [1.82, 2.24) is 0 Å².